The summed E-state index contributed by atoms with van der Waals surface area (Å²) in [5.41, 5.74) is 3.01. The van der Waals surface area contributed by atoms with E-state index in [9.17, 15) is 13.2 Å². The van der Waals surface area contributed by atoms with Crippen molar-refractivity contribution in [3.63, 3.8) is 0 Å². The van der Waals surface area contributed by atoms with E-state index in [-0.39, 0.29) is 16.6 Å². The minimum absolute atomic E-state index is 0.0693. The second-order valence-corrected chi connectivity index (χ2v) is 8.17. The Morgan fingerprint density at radius 1 is 1.00 bits per heavy atom. The summed E-state index contributed by atoms with van der Waals surface area (Å²) in [7, 11) is -3.49. The van der Waals surface area contributed by atoms with Crippen LogP contribution in [0.5, 0.6) is 0 Å². The van der Waals surface area contributed by atoms with Crippen molar-refractivity contribution in [2.24, 2.45) is 0 Å². The number of amides is 1. The van der Waals surface area contributed by atoms with Crippen LogP contribution in [0, 0.1) is 0 Å². The largest absolute Gasteiger partial charge is 0.322 e. The summed E-state index contributed by atoms with van der Waals surface area (Å²) in [5, 5.41) is 2.77. The van der Waals surface area contributed by atoms with Crippen molar-refractivity contribution in [1.29, 1.82) is 0 Å². The zero-order valence-corrected chi connectivity index (χ0v) is 15.7. The zero-order valence-electron chi connectivity index (χ0n) is 14.9. The third-order valence-corrected chi connectivity index (χ3v) is 5.21. The molecule has 2 heterocycles. The van der Waals surface area contributed by atoms with Crippen LogP contribution in [0.25, 0.3) is 16.9 Å². The van der Waals surface area contributed by atoms with Gasteiger partial charge in [-0.25, -0.2) is 18.4 Å². The molecule has 28 heavy (non-hydrogen) atoms. The number of carbonyl (C=O) groups is 1. The minimum Gasteiger partial charge on any atom is -0.322 e. The number of fused-ring (bicyclic) bond motifs is 1. The van der Waals surface area contributed by atoms with Gasteiger partial charge in [0.1, 0.15) is 0 Å². The highest BCUT2D eigenvalue weighted by Crippen LogP contribution is 2.24. The van der Waals surface area contributed by atoms with Gasteiger partial charge in [-0.05, 0) is 24.3 Å². The van der Waals surface area contributed by atoms with Crippen LogP contribution in [0.2, 0.25) is 0 Å². The molecule has 0 bridgehead atoms. The van der Waals surface area contributed by atoms with Crippen molar-refractivity contribution in [1.82, 2.24) is 14.4 Å². The molecule has 2 aromatic carbocycles. The Hall–Kier alpha value is -3.52. The van der Waals surface area contributed by atoms with E-state index in [4.69, 9.17) is 0 Å². The first-order valence-corrected chi connectivity index (χ1v) is 10.3. The average Bonchev–Trinajstić information content (AvgIpc) is 3.12. The van der Waals surface area contributed by atoms with Crippen molar-refractivity contribution in [2.75, 3.05) is 11.6 Å². The number of imidazole rings is 1. The average molecular weight is 392 g/mol. The fourth-order valence-corrected chi connectivity index (χ4v) is 3.62. The van der Waals surface area contributed by atoms with Crippen molar-refractivity contribution in [3.05, 3.63) is 78.8 Å². The van der Waals surface area contributed by atoms with Gasteiger partial charge in [0.05, 0.1) is 11.9 Å². The first kappa shape index (κ1) is 17.9. The number of nitrogens with zero attached hydrogens (tertiary/aromatic N) is 3. The molecule has 2 aromatic heterocycles. The lowest BCUT2D eigenvalue weighted by molar-refractivity contribution is 0.102. The van der Waals surface area contributed by atoms with E-state index in [1.165, 1.54) is 6.20 Å². The molecule has 140 valence electrons. The second kappa shape index (κ2) is 6.90. The molecule has 0 radical (unpaired) electrons. The Labute approximate surface area is 161 Å². The lowest BCUT2D eigenvalue weighted by Gasteiger charge is -2.07. The maximum Gasteiger partial charge on any atom is 0.255 e. The molecule has 0 saturated carbocycles. The highest BCUT2D eigenvalue weighted by Gasteiger charge is 2.17. The number of hydrogen-bond acceptors (Lipinski definition) is 5. The highest BCUT2D eigenvalue weighted by molar-refractivity contribution is 7.90. The van der Waals surface area contributed by atoms with Crippen LogP contribution >= 0.6 is 0 Å². The van der Waals surface area contributed by atoms with Gasteiger partial charge in [0.2, 0.25) is 0 Å². The maximum absolute atomic E-state index is 12.4. The third kappa shape index (κ3) is 3.37. The third-order valence-electron chi connectivity index (χ3n) is 4.22. The van der Waals surface area contributed by atoms with Gasteiger partial charge in [0.25, 0.3) is 5.91 Å². The molecule has 0 saturated heterocycles. The minimum atomic E-state index is -3.49. The summed E-state index contributed by atoms with van der Waals surface area (Å²) in [6.45, 7) is 0. The topological polar surface area (TPSA) is 93.4 Å². The molecule has 1 N–H and O–H groups in total. The quantitative estimate of drug-likeness (QED) is 0.576. The summed E-state index contributed by atoms with van der Waals surface area (Å²) in [4.78, 5) is 20.5. The molecule has 0 aliphatic heterocycles. The molecule has 0 atom stereocenters. The smallest absolute Gasteiger partial charge is 0.255 e. The van der Waals surface area contributed by atoms with Gasteiger partial charge in [-0.3, -0.25) is 9.20 Å². The van der Waals surface area contributed by atoms with E-state index in [2.05, 4.69) is 15.3 Å². The molecule has 0 aliphatic carbocycles. The number of hydrogen-bond donors (Lipinski definition) is 1. The van der Waals surface area contributed by atoms with E-state index in [1.807, 2.05) is 30.3 Å². The van der Waals surface area contributed by atoms with Crippen LogP contribution < -0.4 is 5.32 Å². The van der Waals surface area contributed by atoms with Crippen LogP contribution in [0.1, 0.15) is 10.4 Å². The Kier molecular flexibility index (Phi) is 4.40. The fourth-order valence-electron chi connectivity index (χ4n) is 2.89. The molecule has 0 spiro atoms. The van der Waals surface area contributed by atoms with Gasteiger partial charge < -0.3 is 5.32 Å². The Bertz CT molecular complexity index is 1260. The molecule has 0 unspecified atom stereocenters. The number of sulfone groups is 1. The number of benzene rings is 2. The summed E-state index contributed by atoms with van der Waals surface area (Å²) in [6, 6.07) is 16.2. The van der Waals surface area contributed by atoms with Crippen LogP contribution in [-0.4, -0.2) is 34.9 Å². The Balaban J connectivity index is 1.65. The Morgan fingerprint density at radius 2 is 1.71 bits per heavy atom. The number of aromatic nitrogens is 3. The molecule has 0 fully saturated rings. The van der Waals surface area contributed by atoms with Crippen LogP contribution in [-0.2, 0) is 9.84 Å². The van der Waals surface area contributed by atoms with E-state index in [1.54, 1.807) is 41.1 Å². The van der Waals surface area contributed by atoms with E-state index >= 15 is 0 Å². The van der Waals surface area contributed by atoms with Crippen LogP contribution in [0.4, 0.5) is 5.69 Å². The summed E-state index contributed by atoms with van der Waals surface area (Å²) in [5.74, 6) is -0.209. The number of rotatable bonds is 4. The molecule has 7 nitrogen and oxygen atoms in total. The monoisotopic (exact) mass is 392 g/mol. The van der Waals surface area contributed by atoms with Gasteiger partial charge in [0, 0.05) is 35.5 Å². The lowest BCUT2D eigenvalue weighted by atomic mass is 10.1. The van der Waals surface area contributed by atoms with Crippen molar-refractivity contribution in [3.8, 4) is 11.3 Å². The van der Waals surface area contributed by atoms with Crippen molar-refractivity contribution < 1.29 is 13.2 Å². The van der Waals surface area contributed by atoms with Gasteiger partial charge in [0.15, 0.2) is 20.5 Å². The normalized spacial score (nSPS) is 11.5. The number of nitrogens with one attached hydrogen (secondary N) is 1. The molecule has 0 aliphatic rings. The number of para-hydroxylation sites is 1. The summed E-state index contributed by atoms with van der Waals surface area (Å²) < 4.78 is 25.5. The van der Waals surface area contributed by atoms with Crippen LogP contribution in [0.3, 0.4) is 0 Å². The van der Waals surface area contributed by atoms with Gasteiger partial charge in [-0.15, -0.1) is 0 Å². The molecular formula is C20H16N4O3S. The van der Waals surface area contributed by atoms with Gasteiger partial charge in [-0.2, -0.15) is 0 Å². The number of carbonyl (C=O) groups excluding carboxylic acids is 1. The number of anilines is 1. The second-order valence-electron chi connectivity index (χ2n) is 6.24. The first-order valence-electron chi connectivity index (χ1n) is 8.42. The van der Waals surface area contributed by atoms with E-state index in [0.29, 0.717) is 11.3 Å². The first-order chi connectivity index (χ1) is 13.4. The lowest BCUT2D eigenvalue weighted by Crippen LogP contribution is -2.11. The van der Waals surface area contributed by atoms with Crippen molar-refractivity contribution >= 4 is 27.1 Å². The maximum atomic E-state index is 12.4. The summed E-state index contributed by atoms with van der Waals surface area (Å²) in [6.07, 6.45) is 5.77. The Morgan fingerprint density at radius 3 is 2.39 bits per heavy atom. The predicted octanol–water partition coefficient (Wildman–Crippen LogP) is 3.05. The molecule has 4 rings (SSSR count). The molecule has 8 heteroatoms. The molecule has 1 amide bonds. The SMILES string of the molecule is CS(=O)(=O)c1nccn2c(-c3ccc(C(=O)Nc4ccccc4)cc3)cnc12. The fraction of sp³-hybridized carbons (Fsp3) is 0.0500. The van der Waals surface area contributed by atoms with Crippen molar-refractivity contribution in [2.45, 2.75) is 5.03 Å². The van der Waals surface area contributed by atoms with Gasteiger partial charge in [-0.1, -0.05) is 30.3 Å². The highest BCUT2D eigenvalue weighted by atomic mass is 32.2. The van der Waals surface area contributed by atoms with Gasteiger partial charge >= 0.3 is 0 Å². The molecule has 4 aromatic rings. The molecular weight excluding hydrogens is 376 g/mol. The predicted molar refractivity (Wildman–Crippen MR) is 106 cm³/mol. The van der Waals surface area contributed by atoms with E-state index in [0.717, 1.165) is 17.5 Å². The summed E-state index contributed by atoms with van der Waals surface area (Å²) >= 11 is 0. The van der Waals surface area contributed by atoms with Crippen LogP contribution in [0.15, 0.2) is 78.2 Å². The van der Waals surface area contributed by atoms with E-state index < -0.39 is 9.84 Å². The standard InChI is InChI=1S/C20H16N4O3S/c1-28(26,27)20-18-22-13-17(24(18)12-11-21-20)14-7-9-15(10-8-14)19(25)23-16-5-3-2-4-6-16/h2-13H,1H3,(H,23,25). The zero-order chi connectivity index (χ0) is 19.7.